The Morgan fingerprint density at radius 3 is 2.22 bits per heavy atom. The van der Waals surface area contributed by atoms with E-state index < -0.39 is 11.6 Å². The molecular weight excluding hydrogens is 524 g/mol. The van der Waals surface area contributed by atoms with E-state index in [-0.39, 0.29) is 6.54 Å². The third kappa shape index (κ3) is 7.60. The monoisotopic (exact) mass is 548 g/mol. The number of nitriles is 1. The number of halogens is 1. The molecule has 0 unspecified atom stereocenters. The summed E-state index contributed by atoms with van der Waals surface area (Å²) in [6.45, 7) is 0.188. The maximum absolute atomic E-state index is 9.11. The van der Waals surface area contributed by atoms with Crippen molar-refractivity contribution in [3.63, 3.8) is 0 Å². The fourth-order valence-electron chi connectivity index (χ4n) is 3.18. The van der Waals surface area contributed by atoms with E-state index in [1.165, 1.54) is 27.5 Å². The minimum Gasteiger partial charge on any atom is -0.497 e. The highest BCUT2D eigenvalue weighted by atomic mass is 35.5. The Morgan fingerprint density at radius 2 is 1.68 bits per heavy atom. The van der Waals surface area contributed by atoms with Crippen LogP contribution in [0.2, 0.25) is 5.02 Å². The van der Waals surface area contributed by atoms with Gasteiger partial charge in [0.25, 0.3) is 0 Å². The second-order valence-electron chi connectivity index (χ2n) is 7.02. The zero-order chi connectivity index (χ0) is 27.4. The molecule has 3 rings (SSSR count). The fraction of sp³-hybridized carbons (Fsp3) is 0.261. The number of nitrogens with one attached hydrogen (secondary N) is 2. The number of hydrogen-bond acceptors (Lipinski definition) is 12. The molecule has 0 saturated heterocycles. The fourth-order valence-corrected chi connectivity index (χ4v) is 3.31. The van der Waals surface area contributed by atoms with Gasteiger partial charge in [0.05, 0.1) is 52.1 Å². The lowest BCUT2D eigenvalue weighted by Gasteiger charge is -2.21. The Kier molecular flexibility index (Phi) is 11.2. The largest absolute Gasteiger partial charge is 0.497 e. The van der Waals surface area contributed by atoms with Crippen molar-refractivity contribution < 1.29 is 27.4 Å². The summed E-state index contributed by atoms with van der Waals surface area (Å²) in [6, 6.07) is 11.1. The summed E-state index contributed by atoms with van der Waals surface area (Å²) in [4.78, 5) is 10.6. The Balaban J connectivity index is 0.00000153. The van der Waals surface area contributed by atoms with Crippen LogP contribution in [0.1, 0.15) is 0 Å². The molecule has 0 aliphatic heterocycles. The van der Waals surface area contributed by atoms with Crippen LogP contribution in [-0.4, -0.2) is 60.4 Å². The number of hydrogen-bond donors (Lipinski definition) is 2. The summed E-state index contributed by atoms with van der Waals surface area (Å²) in [7, 11) is 8.01. The number of anilines is 5. The first-order valence-corrected chi connectivity index (χ1v) is 11.4. The molecule has 0 radical (unpaired) electrons. The highest BCUT2D eigenvalue weighted by molar-refractivity contribution is 7.51. The third-order valence-corrected chi connectivity index (χ3v) is 5.12. The highest BCUT2D eigenvalue weighted by Crippen LogP contribution is 2.40. The van der Waals surface area contributed by atoms with Gasteiger partial charge in [-0.05, 0) is 12.1 Å². The van der Waals surface area contributed by atoms with Crippen molar-refractivity contribution in [2.24, 2.45) is 0 Å². The van der Waals surface area contributed by atoms with E-state index in [2.05, 4.69) is 26.7 Å². The molecule has 14 heteroatoms. The second kappa shape index (κ2) is 14.3. The second-order valence-corrected chi connectivity index (χ2v) is 7.56. The van der Waals surface area contributed by atoms with E-state index in [0.29, 0.717) is 51.2 Å². The van der Waals surface area contributed by atoms with Crippen molar-refractivity contribution in [2.45, 2.75) is 0 Å². The summed E-state index contributed by atoms with van der Waals surface area (Å²) >= 11 is 5.62. The molecule has 0 fully saturated rings. The Labute approximate surface area is 222 Å². The number of nitrogens with zero attached hydrogens (tertiary/aromatic N) is 4. The van der Waals surface area contributed by atoms with Gasteiger partial charge in [0.1, 0.15) is 17.3 Å². The molecule has 0 aliphatic rings. The SMILES string of the molecule is COc1ccc(Nc2nc(Nc3cc(OC)c(OC)c(OC)c3)ncc2Cl)c(N(C)CC#N)c1.O=S=O. The van der Waals surface area contributed by atoms with Crippen molar-refractivity contribution in [3.05, 3.63) is 41.6 Å². The lowest BCUT2D eigenvalue weighted by molar-refractivity contribution is 0.324. The van der Waals surface area contributed by atoms with Crippen LogP contribution in [0, 0.1) is 11.3 Å². The number of benzene rings is 2. The summed E-state index contributed by atoms with van der Waals surface area (Å²) in [5, 5.41) is 15.8. The smallest absolute Gasteiger partial charge is 0.335 e. The van der Waals surface area contributed by atoms with Gasteiger partial charge >= 0.3 is 11.6 Å². The highest BCUT2D eigenvalue weighted by Gasteiger charge is 2.16. The molecule has 1 heterocycles. The average Bonchev–Trinajstić information content (AvgIpc) is 2.90. The van der Waals surface area contributed by atoms with Crippen LogP contribution in [0.25, 0.3) is 0 Å². The van der Waals surface area contributed by atoms with Gasteiger partial charge in [-0.25, -0.2) is 4.98 Å². The predicted octanol–water partition coefficient (Wildman–Crippen LogP) is 3.94. The quantitative estimate of drug-likeness (QED) is 0.353. The number of methoxy groups -OCH3 is 4. The van der Waals surface area contributed by atoms with E-state index in [4.69, 9.17) is 44.2 Å². The van der Waals surface area contributed by atoms with Gasteiger partial charge in [0.15, 0.2) is 17.3 Å². The van der Waals surface area contributed by atoms with Crippen LogP contribution >= 0.6 is 11.6 Å². The van der Waals surface area contributed by atoms with Crippen molar-refractivity contribution in [1.29, 1.82) is 5.26 Å². The predicted molar refractivity (Wildman–Crippen MR) is 141 cm³/mol. The van der Waals surface area contributed by atoms with Crippen molar-refractivity contribution >= 4 is 52.0 Å². The average molecular weight is 549 g/mol. The van der Waals surface area contributed by atoms with Crippen LogP contribution in [0.3, 0.4) is 0 Å². The molecule has 0 spiro atoms. The van der Waals surface area contributed by atoms with Gasteiger partial charge in [0.2, 0.25) is 11.7 Å². The molecule has 0 saturated carbocycles. The molecule has 0 atom stereocenters. The van der Waals surface area contributed by atoms with E-state index in [1.807, 2.05) is 19.2 Å². The van der Waals surface area contributed by atoms with Gasteiger partial charge in [-0.1, -0.05) is 11.6 Å². The molecular formula is C23H25ClN6O6S. The van der Waals surface area contributed by atoms with Gasteiger partial charge in [-0.15, -0.1) is 0 Å². The van der Waals surface area contributed by atoms with E-state index in [1.54, 1.807) is 30.2 Å². The zero-order valence-corrected chi connectivity index (χ0v) is 22.3. The standard InChI is InChI=1S/C23H25ClN6O4.O2S/c1-30(9-8-25)18-12-15(31-2)6-7-17(18)28-22-16(24)13-26-23(29-22)27-14-10-19(32-3)21(34-5)20(11-14)33-4;1-3-2/h6-7,10-13H,9H2,1-5H3,(H2,26,27,28,29);. The minimum atomic E-state index is -0.750. The first-order valence-electron chi connectivity index (χ1n) is 10.4. The van der Waals surface area contributed by atoms with Crippen LogP contribution in [0.15, 0.2) is 36.5 Å². The lowest BCUT2D eigenvalue weighted by atomic mass is 10.2. The van der Waals surface area contributed by atoms with Gasteiger partial charge in [0, 0.05) is 30.9 Å². The lowest BCUT2D eigenvalue weighted by Crippen LogP contribution is -2.18. The molecule has 0 amide bonds. The molecule has 0 aliphatic carbocycles. The zero-order valence-electron chi connectivity index (χ0n) is 20.7. The number of ether oxygens (including phenoxy) is 4. The van der Waals surface area contributed by atoms with Gasteiger partial charge < -0.3 is 34.5 Å². The van der Waals surface area contributed by atoms with Crippen LogP contribution in [0.4, 0.5) is 28.8 Å². The van der Waals surface area contributed by atoms with E-state index in [9.17, 15) is 0 Å². The molecule has 0 bridgehead atoms. The Morgan fingerprint density at radius 1 is 1.03 bits per heavy atom. The summed E-state index contributed by atoms with van der Waals surface area (Å²) in [5.41, 5.74) is 2.06. The van der Waals surface area contributed by atoms with Gasteiger partial charge in [-0.2, -0.15) is 18.7 Å². The van der Waals surface area contributed by atoms with E-state index in [0.717, 1.165) is 5.69 Å². The van der Waals surface area contributed by atoms with Crippen LogP contribution < -0.4 is 34.5 Å². The maximum atomic E-state index is 9.11. The van der Waals surface area contributed by atoms with E-state index >= 15 is 0 Å². The normalized spacial score (nSPS) is 9.65. The Hall–Kier alpha value is -4.28. The van der Waals surface area contributed by atoms with Crippen molar-refractivity contribution in [2.75, 3.05) is 57.6 Å². The van der Waals surface area contributed by atoms with Gasteiger partial charge in [-0.3, -0.25) is 0 Å². The summed E-state index contributed by atoms with van der Waals surface area (Å²) in [6.07, 6.45) is 1.49. The molecule has 37 heavy (non-hydrogen) atoms. The minimum absolute atomic E-state index is 0.188. The summed E-state index contributed by atoms with van der Waals surface area (Å²) < 4.78 is 38.1. The van der Waals surface area contributed by atoms with Crippen molar-refractivity contribution in [1.82, 2.24) is 9.97 Å². The molecule has 2 aromatic carbocycles. The molecule has 12 nitrogen and oxygen atoms in total. The first-order chi connectivity index (χ1) is 17.8. The van der Waals surface area contributed by atoms with Crippen LogP contribution in [0.5, 0.6) is 23.0 Å². The number of rotatable bonds is 10. The molecule has 2 N–H and O–H groups in total. The molecule has 3 aromatic rings. The number of aromatic nitrogens is 2. The summed E-state index contributed by atoms with van der Waals surface area (Å²) in [5.74, 6) is 2.78. The topological polar surface area (TPSA) is 148 Å². The maximum Gasteiger partial charge on any atom is 0.335 e. The Bertz CT molecular complexity index is 1270. The van der Waals surface area contributed by atoms with Crippen molar-refractivity contribution in [3.8, 4) is 29.1 Å². The third-order valence-electron chi connectivity index (χ3n) is 4.84. The molecule has 1 aromatic heterocycles. The molecule has 196 valence electrons. The van der Waals surface area contributed by atoms with Crippen LogP contribution in [-0.2, 0) is 11.6 Å². The first kappa shape index (κ1) is 29.0.